The average Bonchev–Trinajstić information content (AvgIpc) is 3.22. The van der Waals surface area contributed by atoms with E-state index in [1.165, 1.54) is 39.7 Å². The van der Waals surface area contributed by atoms with Crippen molar-refractivity contribution < 1.29 is 13.5 Å². The summed E-state index contributed by atoms with van der Waals surface area (Å²) in [5.74, 6) is 0. The van der Waals surface area contributed by atoms with Crippen LogP contribution in [0.3, 0.4) is 0 Å². The average molecular weight is 470 g/mol. The van der Waals surface area contributed by atoms with Gasteiger partial charge in [0.05, 0.1) is 23.7 Å². The third kappa shape index (κ3) is 5.10. The van der Waals surface area contributed by atoms with Crippen LogP contribution in [-0.4, -0.2) is 39.8 Å². The van der Waals surface area contributed by atoms with E-state index in [9.17, 15) is 13.5 Å². The van der Waals surface area contributed by atoms with Crippen LogP contribution in [0.15, 0.2) is 53.7 Å². The molecule has 0 aliphatic rings. The first-order chi connectivity index (χ1) is 14.3. The number of sulfonamides is 1. The number of aromatic nitrogens is 4. The Morgan fingerprint density at radius 2 is 1.83 bits per heavy atom. The number of nitrogens with zero attached hydrogens (tertiary/aromatic N) is 5. The maximum absolute atomic E-state index is 13.6. The summed E-state index contributed by atoms with van der Waals surface area (Å²) < 4.78 is 28.5. The predicted octanol–water partition coefficient (Wildman–Crippen LogP) is 3.54. The van der Waals surface area contributed by atoms with Gasteiger partial charge in [-0.05, 0) is 61.4 Å². The Morgan fingerprint density at radius 3 is 2.47 bits per heavy atom. The van der Waals surface area contributed by atoms with Crippen LogP contribution in [0.5, 0.6) is 0 Å². The molecule has 3 rings (SSSR count). The molecule has 0 amide bonds. The molecular weight excluding hydrogens is 449 g/mol. The second-order valence-electron chi connectivity index (χ2n) is 6.71. The van der Waals surface area contributed by atoms with Crippen molar-refractivity contribution in [2.45, 2.75) is 43.9 Å². The van der Waals surface area contributed by atoms with Crippen molar-refractivity contribution >= 4 is 38.9 Å². The van der Waals surface area contributed by atoms with Crippen molar-refractivity contribution in [3.8, 4) is 0 Å². The second-order valence-corrected chi connectivity index (χ2v) is 9.40. The Morgan fingerprint density at radius 1 is 1.13 bits per heavy atom. The van der Waals surface area contributed by atoms with Crippen LogP contribution >= 0.6 is 23.2 Å². The number of hydrogen-bond donors (Lipinski definition) is 1. The third-order valence-electron chi connectivity index (χ3n) is 4.60. The number of rotatable bonds is 9. The standard InChI is InChI=1S/C19H21Cl2N5O3S/c1-14(3-2-10-25-23-13-22-24-25)26(19-11-17(21)5-4-15(19)12-27)30(28,29)18-8-6-16(20)7-9-18/h4-9,11,13-14,27H,2-3,10,12H2,1H3/t14-/m1/s1. The van der Waals surface area contributed by atoms with Crippen molar-refractivity contribution in [3.63, 3.8) is 0 Å². The summed E-state index contributed by atoms with van der Waals surface area (Å²) in [6, 6.07) is 10.3. The predicted molar refractivity (Wildman–Crippen MR) is 115 cm³/mol. The molecule has 8 nitrogen and oxygen atoms in total. The minimum absolute atomic E-state index is 0.0977. The minimum atomic E-state index is -3.95. The SMILES string of the molecule is C[C@H](CCCn1ncnn1)N(c1cc(Cl)ccc1CO)S(=O)(=O)c1ccc(Cl)cc1. The zero-order valence-corrected chi connectivity index (χ0v) is 18.5. The number of aliphatic hydroxyl groups excluding tert-OH is 1. The van der Waals surface area contributed by atoms with Crippen molar-refractivity contribution in [1.29, 1.82) is 0 Å². The van der Waals surface area contributed by atoms with Crippen molar-refractivity contribution in [2.75, 3.05) is 4.31 Å². The first-order valence-corrected chi connectivity index (χ1v) is 11.4. The molecule has 0 spiro atoms. The Hall–Kier alpha value is -2.20. The molecular formula is C19H21Cl2N5O3S. The number of benzene rings is 2. The van der Waals surface area contributed by atoms with Gasteiger partial charge in [0.1, 0.15) is 0 Å². The van der Waals surface area contributed by atoms with Crippen LogP contribution in [-0.2, 0) is 23.2 Å². The van der Waals surface area contributed by atoms with E-state index in [1.54, 1.807) is 18.2 Å². The molecule has 0 fully saturated rings. The smallest absolute Gasteiger partial charge is 0.264 e. The molecule has 0 radical (unpaired) electrons. The molecule has 0 bridgehead atoms. The van der Waals surface area contributed by atoms with E-state index in [0.717, 1.165) is 0 Å². The molecule has 30 heavy (non-hydrogen) atoms. The maximum atomic E-state index is 13.6. The van der Waals surface area contributed by atoms with Gasteiger partial charge in [0.25, 0.3) is 10.0 Å². The van der Waals surface area contributed by atoms with Crippen molar-refractivity contribution in [1.82, 2.24) is 20.2 Å². The molecule has 0 aliphatic heterocycles. The number of tetrazole rings is 1. The first kappa shape index (κ1) is 22.5. The highest BCUT2D eigenvalue weighted by Crippen LogP contribution is 2.33. The van der Waals surface area contributed by atoms with Crippen LogP contribution in [0.2, 0.25) is 10.0 Å². The second kappa shape index (κ2) is 9.74. The fraction of sp³-hybridized carbons (Fsp3) is 0.316. The van der Waals surface area contributed by atoms with E-state index in [4.69, 9.17) is 23.2 Å². The van der Waals surface area contributed by atoms with Crippen LogP contribution in [0.4, 0.5) is 5.69 Å². The molecule has 1 atom stereocenters. The highest BCUT2D eigenvalue weighted by Gasteiger charge is 2.31. The maximum Gasteiger partial charge on any atom is 0.264 e. The Labute approximate surface area is 185 Å². The van der Waals surface area contributed by atoms with Crippen molar-refractivity contribution in [3.05, 3.63) is 64.4 Å². The van der Waals surface area contributed by atoms with Crippen LogP contribution < -0.4 is 4.31 Å². The van der Waals surface area contributed by atoms with Gasteiger partial charge < -0.3 is 5.11 Å². The fourth-order valence-corrected chi connectivity index (χ4v) is 5.14. The van der Waals surface area contributed by atoms with Crippen LogP contribution in [0.1, 0.15) is 25.3 Å². The summed E-state index contributed by atoms with van der Waals surface area (Å²) in [7, 11) is -3.95. The summed E-state index contributed by atoms with van der Waals surface area (Å²) in [5, 5.41) is 22.1. The zero-order valence-electron chi connectivity index (χ0n) is 16.2. The largest absolute Gasteiger partial charge is 0.392 e. The number of anilines is 1. The molecule has 1 N–H and O–H groups in total. The molecule has 2 aromatic carbocycles. The Kier molecular flexibility index (Phi) is 7.30. The molecule has 0 aliphatic carbocycles. The van der Waals surface area contributed by atoms with E-state index >= 15 is 0 Å². The van der Waals surface area contributed by atoms with Gasteiger partial charge in [0, 0.05) is 21.7 Å². The number of halogens is 2. The number of aliphatic hydroxyl groups is 1. The lowest BCUT2D eigenvalue weighted by Gasteiger charge is -2.32. The molecule has 160 valence electrons. The van der Waals surface area contributed by atoms with E-state index in [1.807, 2.05) is 6.92 Å². The van der Waals surface area contributed by atoms with E-state index in [2.05, 4.69) is 15.4 Å². The normalized spacial score (nSPS) is 12.7. The van der Waals surface area contributed by atoms with Crippen LogP contribution in [0, 0.1) is 0 Å². The van der Waals surface area contributed by atoms with Gasteiger partial charge in [-0.3, -0.25) is 4.31 Å². The minimum Gasteiger partial charge on any atom is -0.392 e. The molecule has 0 unspecified atom stereocenters. The fourth-order valence-electron chi connectivity index (χ4n) is 3.14. The van der Waals surface area contributed by atoms with Gasteiger partial charge in [-0.1, -0.05) is 29.3 Å². The van der Waals surface area contributed by atoms with Gasteiger partial charge in [0.15, 0.2) is 6.33 Å². The van der Waals surface area contributed by atoms with Crippen LogP contribution in [0.25, 0.3) is 0 Å². The monoisotopic (exact) mass is 469 g/mol. The summed E-state index contributed by atoms with van der Waals surface area (Å²) >= 11 is 12.1. The highest BCUT2D eigenvalue weighted by molar-refractivity contribution is 7.92. The third-order valence-corrected chi connectivity index (χ3v) is 7.03. The number of aryl methyl sites for hydroxylation is 1. The highest BCUT2D eigenvalue weighted by atomic mass is 35.5. The van der Waals surface area contributed by atoms with Gasteiger partial charge >= 0.3 is 0 Å². The summed E-state index contributed by atoms with van der Waals surface area (Å²) in [6.45, 7) is 1.99. The van der Waals surface area contributed by atoms with Crippen molar-refractivity contribution in [2.24, 2.45) is 0 Å². The van der Waals surface area contributed by atoms with Gasteiger partial charge in [0.2, 0.25) is 0 Å². The van der Waals surface area contributed by atoms with Gasteiger partial charge in [-0.25, -0.2) is 8.42 Å². The molecule has 3 aromatic rings. The van der Waals surface area contributed by atoms with E-state index < -0.39 is 16.1 Å². The summed E-state index contributed by atoms with van der Waals surface area (Å²) in [4.78, 5) is 1.55. The first-order valence-electron chi connectivity index (χ1n) is 9.23. The molecule has 0 saturated heterocycles. The Bertz CT molecular complexity index is 1080. The van der Waals surface area contributed by atoms with E-state index in [0.29, 0.717) is 40.7 Å². The Balaban J connectivity index is 1.98. The summed E-state index contributed by atoms with van der Waals surface area (Å²) in [6.07, 6.45) is 2.49. The van der Waals surface area contributed by atoms with E-state index in [-0.39, 0.29) is 11.5 Å². The zero-order chi connectivity index (χ0) is 21.7. The number of hydrogen-bond acceptors (Lipinski definition) is 6. The lowest BCUT2D eigenvalue weighted by Crippen LogP contribution is -2.39. The molecule has 1 heterocycles. The quantitative estimate of drug-likeness (QED) is 0.514. The topological polar surface area (TPSA) is 101 Å². The molecule has 1 aromatic heterocycles. The molecule has 11 heteroatoms. The van der Waals surface area contributed by atoms with Gasteiger partial charge in [-0.15, -0.1) is 10.2 Å². The lowest BCUT2D eigenvalue weighted by atomic mass is 10.1. The molecule has 0 saturated carbocycles. The summed E-state index contributed by atoms with van der Waals surface area (Å²) in [5.41, 5.74) is 0.799. The van der Waals surface area contributed by atoms with Gasteiger partial charge in [-0.2, -0.15) is 4.80 Å². The lowest BCUT2D eigenvalue weighted by molar-refractivity contribution is 0.282.